The molecule has 1 saturated heterocycles. The van der Waals surface area contributed by atoms with Crippen molar-refractivity contribution in [3.8, 4) is 0 Å². The van der Waals surface area contributed by atoms with Crippen LogP contribution in [0.2, 0.25) is 5.02 Å². The first kappa shape index (κ1) is 17.2. The second-order valence-corrected chi connectivity index (χ2v) is 7.91. The summed E-state index contributed by atoms with van der Waals surface area (Å²) in [5, 5.41) is 0.681. The Balaban J connectivity index is 1.85. The van der Waals surface area contributed by atoms with Gasteiger partial charge in [-0.3, -0.25) is 4.79 Å². The average molecular weight is 345 g/mol. The van der Waals surface area contributed by atoms with E-state index in [1.165, 1.54) is 0 Å². The lowest BCUT2D eigenvalue weighted by molar-refractivity contribution is -0.132. The first-order valence-corrected chi connectivity index (χ1v) is 9.60. The monoisotopic (exact) mass is 344 g/mol. The van der Waals surface area contributed by atoms with Crippen LogP contribution >= 0.6 is 11.6 Å². The molecule has 1 heterocycles. The summed E-state index contributed by atoms with van der Waals surface area (Å²) in [7, 11) is -3.23. The van der Waals surface area contributed by atoms with Gasteiger partial charge in [-0.1, -0.05) is 23.7 Å². The van der Waals surface area contributed by atoms with Gasteiger partial charge in [0, 0.05) is 30.6 Å². The summed E-state index contributed by atoms with van der Waals surface area (Å²) in [6.45, 7) is 1.15. The lowest BCUT2D eigenvalue weighted by Crippen LogP contribution is -2.49. The molecule has 7 heteroatoms. The van der Waals surface area contributed by atoms with E-state index in [9.17, 15) is 13.2 Å². The third kappa shape index (κ3) is 5.59. The van der Waals surface area contributed by atoms with Crippen LogP contribution in [0.1, 0.15) is 24.8 Å². The minimum atomic E-state index is -3.23. The van der Waals surface area contributed by atoms with Crippen molar-refractivity contribution in [3.63, 3.8) is 0 Å². The van der Waals surface area contributed by atoms with Gasteiger partial charge < -0.3 is 4.90 Å². The molecule has 0 aliphatic carbocycles. The molecule has 1 aromatic rings. The van der Waals surface area contributed by atoms with Crippen LogP contribution in [0, 0.1) is 0 Å². The molecule has 1 atom stereocenters. The number of rotatable bonds is 5. The van der Waals surface area contributed by atoms with Crippen molar-refractivity contribution in [2.75, 3.05) is 19.3 Å². The zero-order chi connectivity index (χ0) is 16.2. The Labute approximate surface area is 136 Å². The molecule has 22 heavy (non-hydrogen) atoms. The number of benzene rings is 1. The maximum Gasteiger partial charge on any atom is 0.222 e. The van der Waals surface area contributed by atoms with Gasteiger partial charge in [-0.15, -0.1) is 0 Å². The summed E-state index contributed by atoms with van der Waals surface area (Å²) in [6, 6.07) is 7.28. The Kier molecular flexibility index (Phi) is 5.83. The molecule has 0 unspecified atom stereocenters. The number of likely N-dealkylation sites (tertiary alicyclic amines) is 1. The number of carbonyl (C=O) groups is 1. The van der Waals surface area contributed by atoms with Crippen LogP contribution < -0.4 is 4.72 Å². The van der Waals surface area contributed by atoms with E-state index < -0.39 is 10.0 Å². The fourth-order valence-electron chi connectivity index (χ4n) is 2.66. The maximum absolute atomic E-state index is 12.3. The lowest BCUT2D eigenvalue weighted by atomic mass is 10.0. The first-order valence-electron chi connectivity index (χ1n) is 7.33. The standard InChI is InChI=1S/C15H21ClN2O3S/c1-22(20,21)17-14-3-2-10-18(11-14)15(19)9-6-12-4-7-13(16)8-5-12/h4-5,7-8,14,17H,2-3,6,9-11H2,1H3/t14-/m1/s1. The van der Waals surface area contributed by atoms with Crippen LogP contribution in [0.4, 0.5) is 0 Å². The molecule has 122 valence electrons. The topological polar surface area (TPSA) is 66.5 Å². The zero-order valence-electron chi connectivity index (χ0n) is 12.6. The van der Waals surface area contributed by atoms with Crippen LogP contribution in [0.3, 0.4) is 0 Å². The van der Waals surface area contributed by atoms with Gasteiger partial charge in [-0.2, -0.15) is 0 Å². The summed E-state index contributed by atoms with van der Waals surface area (Å²) in [5.74, 6) is 0.0648. The van der Waals surface area contributed by atoms with Crippen LogP contribution in [0.15, 0.2) is 24.3 Å². The van der Waals surface area contributed by atoms with Crippen LogP contribution in [0.25, 0.3) is 0 Å². The van der Waals surface area contributed by atoms with E-state index in [2.05, 4.69) is 4.72 Å². The summed E-state index contributed by atoms with van der Waals surface area (Å²) in [4.78, 5) is 14.0. The van der Waals surface area contributed by atoms with E-state index in [1.54, 1.807) is 4.90 Å². The lowest BCUT2D eigenvalue weighted by Gasteiger charge is -2.32. The van der Waals surface area contributed by atoms with E-state index in [-0.39, 0.29) is 11.9 Å². The normalized spacial score (nSPS) is 19.2. The fourth-order valence-corrected chi connectivity index (χ4v) is 3.59. The molecule has 1 aliphatic rings. The van der Waals surface area contributed by atoms with Gasteiger partial charge >= 0.3 is 0 Å². The molecule has 1 aromatic carbocycles. The predicted octanol–water partition coefficient (Wildman–Crippen LogP) is 1.81. The smallest absolute Gasteiger partial charge is 0.222 e. The number of hydrogen-bond acceptors (Lipinski definition) is 3. The van der Waals surface area contributed by atoms with Gasteiger partial charge in [-0.05, 0) is 37.0 Å². The Hall–Kier alpha value is -1.11. The highest BCUT2D eigenvalue weighted by Crippen LogP contribution is 2.15. The highest BCUT2D eigenvalue weighted by atomic mass is 35.5. The number of nitrogens with one attached hydrogen (secondary N) is 1. The number of amides is 1. The van der Waals surface area contributed by atoms with Gasteiger partial charge in [0.1, 0.15) is 0 Å². The van der Waals surface area contributed by atoms with E-state index >= 15 is 0 Å². The molecule has 1 fully saturated rings. The minimum Gasteiger partial charge on any atom is -0.341 e. The van der Waals surface area contributed by atoms with Crippen molar-refractivity contribution in [2.24, 2.45) is 0 Å². The molecule has 0 radical (unpaired) electrons. The Morgan fingerprint density at radius 1 is 1.36 bits per heavy atom. The van der Waals surface area contributed by atoms with Crippen LogP contribution in [0.5, 0.6) is 0 Å². The quantitative estimate of drug-likeness (QED) is 0.886. The van der Waals surface area contributed by atoms with Crippen molar-refractivity contribution in [1.82, 2.24) is 9.62 Å². The van der Waals surface area contributed by atoms with Gasteiger partial charge in [0.15, 0.2) is 0 Å². The van der Waals surface area contributed by atoms with E-state index in [0.717, 1.165) is 24.7 Å². The number of halogens is 1. The molecule has 0 saturated carbocycles. The maximum atomic E-state index is 12.3. The molecule has 0 bridgehead atoms. The van der Waals surface area contributed by atoms with Gasteiger partial charge in [0.25, 0.3) is 0 Å². The van der Waals surface area contributed by atoms with Crippen LogP contribution in [-0.2, 0) is 21.2 Å². The molecule has 0 aromatic heterocycles. The van der Waals surface area contributed by atoms with E-state index in [1.807, 2.05) is 24.3 Å². The number of piperidine rings is 1. The number of sulfonamides is 1. The molecule has 1 aliphatic heterocycles. The third-order valence-corrected chi connectivity index (χ3v) is 4.71. The average Bonchev–Trinajstić information content (AvgIpc) is 2.45. The largest absolute Gasteiger partial charge is 0.341 e. The molecule has 1 N–H and O–H groups in total. The molecule has 2 rings (SSSR count). The predicted molar refractivity (Wildman–Crippen MR) is 87.4 cm³/mol. The Morgan fingerprint density at radius 3 is 2.68 bits per heavy atom. The van der Waals surface area contributed by atoms with Crippen molar-refractivity contribution >= 4 is 27.5 Å². The van der Waals surface area contributed by atoms with E-state index in [4.69, 9.17) is 11.6 Å². The third-order valence-electron chi connectivity index (χ3n) is 3.70. The molecule has 0 spiro atoms. The van der Waals surface area contributed by atoms with Crippen molar-refractivity contribution in [2.45, 2.75) is 31.7 Å². The van der Waals surface area contributed by atoms with Crippen molar-refractivity contribution in [1.29, 1.82) is 0 Å². The van der Waals surface area contributed by atoms with Crippen molar-refractivity contribution < 1.29 is 13.2 Å². The zero-order valence-corrected chi connectivity index (χ0v) is 14.2. The van der Waals surface area contributed by atoms with Gasteiger partial charge in [0.2, 0.25) is 15.9 Å². The molecular formula is C15H21ClN2O3S. The Bertz CT molecular complexity index is 616. The summed E-state index contributed by atoms with van der Waals surface area (Å²) in [5.41, 5.74) is 1.07. The van der Waals surface area contributed by atoms with Crippen molar-refractivity contribution in [3.05, 3.63) is 34.9 Å². The number of aryl methyl sites for hydroxylation is 1. The number of nitrogens with zero attached hydrogens (tertiary/aromatic N) is 1. The Morgan fingerprint density at radius 2 is 2.05 bits per heavy atom. The SMILES string of the molecule is CS(=O)(=O)N[C@@H]1CCCN(C(=O)CCc2ccc(Cl)cc2)C1. The summed E-state index contributed by atoms with van der Waals surface area (Å²) >= 11 is 5.83. The van der Waals surface area contributed by atoms with Gasteiger partial charge in [-0.25, -0.2) is 13.1 Å². The fraction of sp³-hybridized carbons (Fsp3) is 0.533. The number of hydrogen-bond donors (Lipinski definition) is 1. The summed E-state index contributed by atoms with van der Waals surface area (Å²) in [6.07, 6.45) is 3.83. The van der Waals surface area contributed by atoms with E-state index in [0.29, 0.717) is 31.0 Å². The molecular weight excluding hydrogens is 324 g/mol. The first-order chi connectivity index (χ1) is 10.3. The molecule has 5 nitrogen and oxygen atoms in total. The number of carbonyl (C=O) groups excluding carboxylic acids is 1. The highest BCUT2D eigenvalue weighted by molar-refractivity contribution is 7.88. The van der Waals surface area contributed by atoms with Crippen LogP contribution in [-0.4, -0.2) is 44.6 Å². The highest BCUT2D eigenvalue weighted by Gasteiger charge is 2.25. The summed E-state index contributed by atoms with van der Waals surface area (Å²) < 4.78 is 25.2. The second kappa shape index (κ2) is 7.44. The van der Waals surface area contributed by atoms with Gasteiger partial charge in [0.05, 0.1) is 6.26 Å². The molecule has 1 amide bonds. The second-order valence-electron chi connectivity index (χ2n) is 5.70. The minimum absolute atomic E-state index is 0.0648.